The van der Waals surface area contributed by atoms with Crippen LogP contribution in [0.5, 0.6) is 0 Å². The number of hydrogen-bond acceptors (Lipinski definition) is 8. The van der Waals surface area contributed by atoms with Gasteiger partial charge in [-0.25, -0.2) is 0 Å². The number of unbranched alkanes of at least 4 members (excludes halogenated alkanes) is 2. The summed E-state index contributed by atoms with van der Waals surface area (Å²) >= 11 is 1.47. The van der Waals surface area contributed by atoms with Crippen molar-refractivity contribution in [2.45, 2.75) is 102 Å². The van der Waals surface area contributed by atoms with E-state index in [9.17, 15) is 28.8 Å². The van der Waals surface area contributed by atoms with E-state index in [1.165, 1.54) is 16.7 Å². The molecule has 6 N–H and O–H groups in total. The number of nitrogens with two attached hydrogens (primary N) is 1. The largest absolute Gasteiger partial charge is 0.344 e. The zero-order valence-electron chi connectivity index (χ0n) is 31.9. The van der Waals surface area contributed by atoms with E-state index in [2.05, 4.69) is 31.3 Å². The maximum absolute atomic E-state index is 14.0. The van der Waals surface area contributed by atoms with Crippen LogP contribution < -0.4 is 27.0 Å². The van der Waals surface area contributed by atoms with Crippen molar-refractivity contribution in [3.8, 4) is 0 Å². The minimum absolute atomic E-state index is 0.00426. The van der Waals surface area contributed by atoms with E-state index in [0.717, 1.165) is 24.0 Å². The number of likely N-dealkylation sites (tertiary alicyclic amines) is 1. The minimum Gasteiger partial charge on any atom is -0.344 e. The van der Waals surface area contributed by atoms with E-state index < -0.39 is 59.7 Å². The SMILES string of the molecule is CSCC[C@H](NC(=O)[C@H](CC(C)C)N1CC[C@@H](NC(=O)[C@H](Cc2ccccc2)NC(=O)[C@H](Cc2ccccc2)NC(=O)CCCCCN)C1=O)C(=O)N=[N+]=[N-]. The van der Waals surface area contributed by atoms with E-state index in [1.807, 2.05) is 80.8 Å². The van der Waals surface area contributed by atoms with Crippen LogP contribution in [-0.2, 0) is 41.6 Å². The molecule has 2 aromatic carbocycles. The summed E-state index contributed by atoms with van der Waals surface area (Å²) in [6.07, 6.45) is 5.33. The van der Waals surface area contributed by atoms with Gasteiger partial charge in [0.15, 0.2) is 0 Å². The second-order valence-corrected chi connectivity index (χ2v) is 15.0. The number of carbonyl (C=O) groups excluding carboxylic acids is 6. The summed E-state index contributed by atoms with van der Waals surface area (Å²) in [5.41, 5.74) is 16.0. The molecule has 0 spiro atoms. The van der Waals surface area contributed by atoms with Crippen LogP contribution in [-0.4, -0.2) is 95.7 Å². The first-order chi connectivity index (χ1) is 26.5. The number of carbonyl (C=O) groups is 6. The third-order valence-corrected chi connectivity index (χ3v) is 9.90. The lowest BCUT2D eigenvalue weighted by molar-refractivity contribution is -0.141. The van der Waals surface area contributed by atoms with Crippen LogP contribution in [0.2, 0.25) is 0 Å². The number of thioether (sulfide) groups is 1. The quantitative estimate of drug-likeness (QED) is 0.0486. The molecule has 15 nitrogen and oxygen atoms in total. The first-order valence-electron chi connectivity index (χ1n) is 18.8. The van der Waals surface area contributed by atoms with Gasteiger partial charge in [0.25, 0.3) is 0 Å². The number of azide groups is 1. The van der Waals surface area contributed by atoms with Crippen molar-refractivity contribution in [2.24, 2.45) is 16.8 Å². The van der Waals surface area contributed by atoms with Crippen LogP contribution in [0.15, 0.2) is 65.8 Å². The molecule has 1 heterocycles. The number of nitrogens with zero attached hydrogens (tertiary/aromatic N) is 4. The Labute approximate surface area is 327 Å². The van der Waals surface area contributed by atoms with Crippen molar-refractivity contribution in [2.75, 3.05) is 25.1 Å². The average molecular weight is 778 g/mol. The Morgan fingerprint density at radius 2 is 1.47 bits per heavy atom. The zero-order chi connectivity index (χ0) is 40.2. The fourth-order valence-electron chi connectivity index (χ4n) is 6.38. The van der Waals surface area contributed by atoms with Gasteiger partial charge in [0, 0.05) is 30.7 Å². The summed E-state index contributed by atoms with van der Waals surface area (Å²) in [4.78, 5) is 84.9. The van der Waals surface area contributed by atoms with Crippen LogP contribution in [0, 0.1) is 5.92 Å². The Morgan fingerprint density at radius 3 is 2.04 bits per heavy atom. The van der Waals surface area contributed by atoms with Crippen LogP contribution >= 0.6 is 11.8 Å². The lowest BCUT2D eigenvalue weighted by Crippen LogP contribution is -2.57. The van der Waals surface area contributed by atoms with Crippen molar-refractivity contribution < 1.29 is 28.8 Å². The summed E-state index contributed by atoms with van der Waals surface area (Å²) < 4.78 is 0. The summed E-state index contributed by atoms with van der Waals surface area (Å²) in [7, 11) is 0. The number of rotatable bonds is 23. The van der Waals surface area contributed by atoms with Gasteiger partial charge >= 0.3 is 0 Å². The van der Waals surface area contributed by atoms with Gasteiger partial charge in [-0.2, -0.15) is 11.8 Å². The molecule has 1 fully saturated rings. The van der Waals surface area contributed by atoms with E-state index in [1.54, 1.807) is 0 Å². The first-order valence-corrected chi connectivity index (χ1v) is 20.2. The third-order valence-electron chi connectivity index (χ3n) is 9.26. The van der Waals surface area contributed by atoms with Gasteiger partial charge in [-0.3, -0.25) is 28.8 Å². The molecular weight excluding hydrogens is 723 g/mol. The molecule has 16 heteroatoms. The lowest BCUT2D eigenvalue weighted by Gasteiger charge is -2.30. The van der Waals surface area contributed by atoms with E-state index >= 15 is 0 Å². The van der Waals surface area contributed by atoms with Crippen LogP contribution in [0.25, 0.3) is 10.4 Å². The first kappa shape index (κ1) is 44.5. The molecule has 0 bridgehead atoms. The highest BCUT2D eigenvalue weighted by Gasteiger charge is 2.41. The van der Waals surface area contributed by atoms with E-state index in [-0.39, 0.29) is 56.9 Å². The Bertz CT molecular complexity index is 1620. The summed E-state index contributed by atoms with van der Waals surface area (Å²) in [6, 6.07) is 13.3. The van der Waals surface area contributed by atoms with Gasteiger partial charge < -0.3 is 31.9 Å². The highest BCUT2D eigenvalue weighted by molar-refractivity contribution is 7.98. The van der Waals surface area contributed by atoms with Gasteiger partial charge in [-0.15, -0.1) is 0 Å². The van der Waals surface area contributed by atoms with Gasteiger partial charge in [-0.05, 0) is 78.3 Å². The van der Waals surface area contributed by atoms with Gasteiger partial charge in [0.1, 0.15) is 24.2 Å². The maximum Gasteiger partial charge on any atom is 0.245 e. The van der Waals surface area contributed by atoms with E-state index in [4.69, 9.17) is 11.3 Å². The number of amides is 6. The molecule has 5 atom stereocenters. The highest BCUT2D eigenvalue weighted by atomic mass is 32.2. The molecule has 0 aromatic heterocycles. The standard InChI is InChI=1S/C39H55N9O6S/c1-26(2)23-33(38(53)43-29(19-22-55-3)37(52)46-47-41)48-21-18-30(39(48)54)44-36(51)32(25-28-15-9-5-10-16-28)45-35(50)31(24-27-13-7-4-8-14-27)42-34(49)17-11-6-12-20-40/h4-5,7-10,13-16,26,29-33H,6,11-12,17-25,40H2,1-3H3,(H,42,49)(H,43,53)(H,44,51)(H,45,50)/t29-,30+,31-,32-,33-/m0/s1. The molecular formula is C39H55N9O6S. The van der Waals surface area contributed by atoms with Crippen molar-refractivity contribution in [1.29, 1.82) is 0 Å². The molecule has 6 amide bonds. The Kier molecular flexibility index (Phi) is 19.2. The highest BCUT2D eigenvalue weighted by Crippen LogP contribution is 2.21. The topological polar surface area (TPSA) is 229 Å². The van der Waals surface area contributed by atoms with Crippen molar-refractivity contribution >= 4 is 47.2 Å². The second kappa shape index (κ2) is 23.8. The van der Waals surface area contributed by atoms with Crippen molar-refractivity contribution in [1.82, 2.24) is 26.2 Å². The predicted octanol–water partition coefficient (Wildman–Crippen LogP) is 3.17. The molecule has 1 aliphatic rings. The molecule has 298 valence electrons. The zero-order valence-corrected chi connectivity index (χ0v) is 32.8. The molecule has 0 radical (unpaired) electrons. The second-order valence-electron chi connectivity index (χ2n) is 14.1. The van der Waals surface area contributed by atoms with Gasteiger partial charge in [0.2, 0.25) is 35.4 Å². The Morgan fingerprint density at radius 1 is 0.873 bits per heavy atom. The van der Waals surface area contributed by atoms with Crippen molar-refractivity contribution in [3.63, 3.8) is 0 Å². The number of benzene rings is 2. The fraction of sp³-hybridized carbons (Fsp3) is 0.538. The Balaban J connectivity index is 1.80. The smallest absolute Gasteiger partial charge is 0.245 e. The molecule has 55 heavy (non-hydrogen) atoms. The van der Waals surface area contributed by atoms with Crippen LogP contribution in [0.3, 0.4) is 0 Å². The number of nitrogens with one attached hydrogen (secondary N) is 4. The molecule has 1 aliphatic heterocycles. The normalized spacial score (nSPS) is 16.0. The third kappa shape index (κ3) is 15.0. The minimum atomic E-state index is -1.10. The predicted molar refractivity (Wildman–Crippen MR) is 212 cm³/mol. The van der Waals surface area contributed by atoms with Crippen molar-refractivity contribution in [3.05, 3.63) is 82.2 Å². The lowest BCUT2D eigenvalue weighted by atomic mass is 10.0. The molecule has 3 rings (SSSR count). The average Bonchev–Trinajstić information content (AvgIpc) is 3.52. The monoisotopic (exact) mass is 777 g/mol. The molecule has 1 saturated heterocycles. The summed E-state index contributed by atoms with van der Waals surface area (Å²) in [6.45, 7) is 4.51. The molecule has 0 unspecified atom stereocenters. The number of hydrogen-bond donors (Lipinski definition) is 5. The molecule has 0 saturated carbocycles. The van der Waals surface area contributed by atoms with Gasteiger partial charge in [-0.1, -0.05) is 80.9 Å². The molecule has 2 aromatic rings. The van der Waals surface area contributed by atoms with Crippen LogP contribution in [0.4, 0.5) is 0 Å². The summed E-state index contributed by atoms with van der Waals surface area (Å²) in [5, 5.41) is 14.4. The van der Waals surface area contributed by atoms with E-state index in [0.29, 0.717) is 18.7 Å². The Hall–Kier alpha value is -4.92. The van der Waals surface area contributed by atoms with Gasteiger partial charge in [0.05, 0.1) is 6.04 Å². The molecule has 0 aliphatic carbocycles. The van der Waals surface area contributed by atoms with Crippen LogP contribution in [0.1, 0.15) is 69.9 Å². The maximum atomic E-state index is 14.0. The fourth-order valence-corrected chi connectivity index (χ4v) is 6.85. The summed E-state index contributed by atoms with van der Waals surface area (Å²) in [5.74, 6) is -2.74.